The maximum atomic E-state index is 14.8. The third kappa shape index (κ3) is 3.67. The number of hydrogen-bond acceptors (Lipinski definition) is 4. The minimum absolute atomic E-state index is 0.0126. The topological polar surface area (TPSA) is 48.0 Å². The summed E-state index contributed by atoms with van der Waals surface area (Å²) in [5.74, 6) is -4.96. The highest BCUT2D eigenvalue weighted by atomic mass is 19.1. The molecular formula is C24H20F3NO4. The Morgan fingerprint density at radius 2 is 1.44 bits per heavy atom. The minimum atomic E-state index is -2.03. The van der Waals surface area contributed by atoms with Gasteiger partial charge in [0.2, 0.25) is 0 Å². The summed E-state index contributed by atoms with van der Waals surface area (Å²) in [6, 6.07) is 13.4. The summed E-state index contributed by atoms with van der Waals surface area (Å²) in [5.41, 5.74) is -0.442. The second-order valence-electron chi connectivity index (χ2n) is 7.28. The van der Waals surface area contributed by atoms with Crippen LogP contribution in [0.3, 0.4) is 0 Å². The first-order valence-corrected chi connectivity index (χ1v) is 9.83. The van der Waals surface area contributed by atoms with E-state index in [9.17, 15) is 18.0 Å². The number of nitrogens with zero attached hydrogens (tertiary/aromatic N) is 1. The molecule has 0 spiro atoms. The van der Waals surface area contributed by atoms with E-state index in [1.807, 2.05) is 0 Å². The van der Waals surface area contributed by atoms with E-state index in [-0.39, 0.29) is 41.3 Å². The number of benzene rings is 3. The Morgan fingerprint density at radius 3 is 1.97 bits per heavy atom. The van der Waals surface area contributed by atoms with Gasteiger partial charge < -0.3 is 19.1 Å². The van der Waals surface area contributed by atoms with Crippen molar-refractivity contribution in [2.24, 2.45) is 0 Å². The maximum absolute atomic E-state index is 14.8. The van der Waals surface area contributed by atoms with E-state index in [4.69, 9.17) is 14.2 Å². The Kier molecular flexibility index (Phi) is 5.80. The summed E-state index contributed by atoms with van der Waals surface area (Å²) in [4.78, 5) is 14.0. The fourth-order valence-electron chi connectivity index (χ4n) is 3.55. The summed E-state index contributed by atoms with van der Waals surface area (Å²) in [6.07, 6.45) is 0. The quantitative estimate of drug-likeness (QED) is 0.563. The highest BCUT2D eigenvalue weighted by Crippen LogP contribution is 2.49. The van der Waals surface area contributed by atoms with E-state index in [0.29, 0.717) is 0 Å². The molecule has 32 heavy (non-hydrogen) atoms. The molecule has 0 saturated carbocycles. The van der Waals surface area contributed by atoms with E-state index in [2.05, 4.69) is 0 Å². The van der Waals surface area contributed by atoms with E-state index in [1.165, 1.54) is 61.5 Å². The summed E-state index contributed by atoms with van der Waals surface area (Å²) in [7, 11) is 3.00. The summed E-state index contributed by atoms with van der Waals surface area (Å²) in [5, 5.41) is 0. The van der Waals surface area contributed by atoms with Crippen LogP contribution in [0.4, 0.5) is 13.2 Å². The van der Waals surface area contributed by atoms with Gasteiger partial charge in [0.15, 0.2) is 11.5 Å². The van der Waals surface area contributed by atoms with Gasteiger partial charge in [-0.3, -0.25) is 4.79 Å². The number of hydrogen-bond donors (Lipinski definition) is 0. The zero-order chi connectivity index (χ0) is 22.9. The molecule has 0 aliphatic carbocycles. The zero-order valence-corrected chi connectivity index (χ0v) is 17.4. The third-order valence-electron chi connectivity index (χ3n) is 5.21. The predicted octanol–water partition coefficient (Wildman–Crippen LogP) is 4.49. The van der Waals surface area contributed by atoms with Gasteiger partial charge in [-0.05, 0) is 30.3 Å². The van der Waals surface area contributed by atoms with Crippen LogP contribution in [0.2, 0.25) is 0 Å². The maximum Gasteiger partial charge on any atom is 0.311 e. The first kappa shape index (κ1) is 21.7. The van der Waals surface area contributed by atoms with E-state index in [1.54, 1.807) is 12.1 Å². The van der Waals surface area contributed by atoms with Crippen LogP contribution in [0.1, 0.15) is 21.5 Å². The third-order valence-corrected chi connectivity index (χ3v) is 5.21. The molecule has 5 nitrogen and oxygen atoms in total. The lowest BCUT2D eigenvalue weighted by Crippen LogP contribution is -2.38. The Balaban J connectivity index is 1.81. The lowest BCUT2D eigenvalue weighted by molar-refractivity contribution is -0.0515. The molecule has 1 aliphatic rings. The van der Waals surface area contributed by atoms with Crippen LogP contribution < -0.4 is 9.47 Å². The second kappa shape index (κ2) is 8.55. The Labute approximate surface area is 182 Å². The molecule has 0 bridgehead atoms. The van der Waals surface area contributed by atoms with Crippen LogP contribution in [0, 0.1) is 17.5 Å². The van der Waals surface area contributed by atoms with Crippen molar-refractivity contribution in [3.63, 3.8) is 0 Å². The predicted molar refractivity (Wildman–Crippen MR) is 110 cm³/mol. The second-order valence-corrected chi connectivity index (χ2v) is 7.28. The van der Waals surface area contributed by atoms with Gasteiger partial charge >= 0.3 is 5.79 Å². The molecule has 0 unspecified atom stereocenters. The van der Waals surface area contributed by atoms with Crippen LogP contribution in [-0.2, 0) is 10.5 Å². The number of carbonyl (C=O) groups is 1. The number of halogens is 3. The summed E-state index contributed by atoms with van der Waals surface area (Å²) >= 11 is 0. The molecule has 0 N–H and O–H groups in total. The van der Waals surface area contributed by atoms with Gasteiger partial charge in [0, 0.05) is 26.8 Å². The fourth-order valence-corrected chi connectivity index (χ4v) is 3.55. The number of amides is 1. The molecule has 1 amide bonds. The molecule has 1 heterocycles. The van der Waals surface area contributed by atoms with Crippen LogP contribution >= 0.6 is 0 Å². The van der Waals surface area contributed by atoms with Gasteiger partial charge in [-0.2, -0.15) is 0 Å². The van der Waals surface area contributed by atoms with E-state index in [0.717, 1.165) is 6.07 Å². The molecule has 3 aromatic carbocycles. The molecular weight excluding hydrogens is 423 g/mol. The number of likely N-dealkylation sites (N-methyl/N-ethyl adjacent to an activating group) is 1. The molecule has 0 saturated heterocycles. The minimum Gasteiger partial charge on any atom is -0.440 e. The molecule has 0 radical (unpaired) electrons. The van der Waals surface area contributed by atoms with Crippen molar-refractivity contribution in [3.8, 4) is 11.5 Å². The van der Waals surface area contributed by atoms with E-state index < -0.39 is 29.1 Å². The molecule has 0 atom stereocenters. The molecule has 166 valence electrons. The highest BCUT2D eigenvalue weighted by Gasteiger charge is 2.49. The highest BCUT2D eigenvalue weighted by molar-refractivity contribution is 5.95. The standard InChI is InChI=1S/C24H20F3NO4/c1-28(11-12-30-2)23(29)15-13-21-22(14-20(15)27)32-24(31-21,16-7-3-5-9-18(16)25)17-8-4-6-10-19(17)26/h3-10,13-14H,11-12H2,1-2H3. The van der Waals surface area contributed by atoms with E-state index >= 15 is 0 Å². The monoisotopic (exact) mass is 443 g/mol. The number of rotatable bonds is 6. The van der Waals surface area contributed by atoms with Crippen molar-refractivity contribution in [1.82, 2.24) is 4.90 Å². The van der Waals surface area contributed by atoms with Gasteiger partial charge in [-0.15, -0.1) is 0 Å². The van der Waals surface area contributed by atoms with Crippen molar-refractivity contribution in [2.45, 2.75) is 5.79 Å². The fraction of sp³-hybridized carbons (Fsp3) is 0.208. The van der Waals surface area contributed by atoms with Gasteiger partial charge in [0.25, 0.3) is 5.91 Å². The van der Waals surface area contributed by atoms with Crippen molar-refractivity contribution < 1.29 is 32.2 Å². The Bertz CT molecular complexity index is 1120. The first-order chi connectivity index (χ1) is 15.4. The SMILES string of the molecule is COCCN(C)C(=O)c1cc2c(cc1F)OC(c1ccccc1F)(c1ccccc1F)O2. The molecule has 8 heteroatoms. The zero-order valence-electron chi connectivity index (χ0n) is 17.4. The van der Waals surface area contributed by atoms with Gasteiger partial charge in [-0.25, -0.2) is 13.2 Å². The van der Waals surface area contributed by atoms with Crippen molar-refractivity contribution in [1.29, 1.82) is 0 Å². The van der Waals surface area contributed by atoms with Crippen molar-refractivity contribution >= 4 is 5.91 Å². The van der Waals surface area contributed by atoms with Crippen molar-refractivity contribution in [3.05, 3.63) is 94.8 Å². The lowest BCUT2D eigenvalue weighted by Gasteiger charge is -2.29. The van der Waals surface area contributed by atoms with Crippen molar-refractivity contribution in [2.75, 3.05) is 27.3 Å². The van der Waals surface area contributed by atoms with Crippen LogP contribution in [0.25, 0.3) is 0 Å². The number of fused-ring (bicyclic) bond motifs is 1. The Hall–Kier alpha value is -3.52. The Morgan fingerprint density at radius 1 is 0.906 bits per heavy atom. The van der Waals surface area contributed by atoms with Crippen LogP contribution in [-0.4, -0.2) is 38.1 Å². The largest absolute Gasteiger partial charge is 0.440 e. The van der Waals surface area contributed by atoms with Crippen LogP contribution in [0.5, 0.6) is 11.5 Å². The number of ether oxygens (including phenoxy) is 3. The summed E-state index contributed by atoms with van der Waals surface area (Å²) < 4.78 is 61.2. The number of methoxy groups -OCH3 is 1. The van der Waals surface area contributed by atoms with Gasteiger partial charge in [0.1, 0.15) is 17.5 Å². The molecule has 0 aromatic heterocycles. The first-order valence-electron chi connectivity index (χ1n) is 9.83. The molecule has 0 fully saturated rings. The molecule has 1 aliphatic heterocycles. The lowest BCUT2D eigenvalue weighted by atomic mass is 9.96. The molecule has 3 aromatic rings. The average molecular weight is 443 g/mol. The average Bonchev–Trinajstić information content (AvgIpc) is 3.15. The van der Waals surface area contributed by atoms with Gasteiger partial charge in [-0.1, -0.05) is 24.3 Å². The number of carbonyl (C=O) groups excluding carboxylic acids is 1. The smallest absolute Gasteiger partial charge is 0.311 e. The summed E-state index contributed by atoms with van der Waals surface area (Å²) in [6.45, 7) is 0.524. The normalized spacial score (nSPS) is 13.8. The van der Waals surface area contributed by atoms with Crippen LogP contribution in [0.15, 0.2) is 60.7 Å². The van der Waals surface area contributed by atoms with Gasteiger partial charge in [0.05, 0.1) is 23.3 Å². The molecule has 4 rings (SSSR count).